The van der Waals surface area contributed by atoms with E-state index in [1.165, 1.54) is 54.6 Å². The largest absolute Gasteiger partial charge is 0.394 e. The second-order valence-corrected chi connectivity index (χ2v) is 9.76. The summed E-state index contributed by atoms with van der Waals surface area (Å²) in [5, 5.41) is 33.6. The van der Waals surface area contributed by atoms with Crippen LogP contribution in [0.1, 0.15) is 22.0 Å². The summed E-state index contributed by atoms with van der Waals surface area (Å²) in [6.45, 7) is -0.642. The van der Waals surface area contributed by atoms with Gasteiger partial charge in [-0.3, -0.25) is 19.6 Å². The lowest BCUT2D eigenvalue weighted by Crippen LogP contribution is -2.42. The molecule has 10 nitrogen and oxygen atoms in total. The molecule has 1 amide bonds. The van der Waals surface area contributed by atoms with Crippen LogP contribution in [0.3, 0.4) is 0 Å². The van der Waals surface area contributed by atoms with E-state index in [9.17, 15) is 33.5 Å². The second-order valence-electron chi connectivity index (χ2n) is 7.16. The minimum Gasteiger partial charge on any atom is -0.394 e. The van der Waals surface area contributed by atoms with Gasteiger partial charge in [0.25, 0.3) is 21.6 Å². The van der Waals surface area contributed by atoms with Gasteiger partial charge >= 0.3 is 0 Å². The van der Waals surface area contributed by atoms with E-state index in [-0.39, 0.29) is 27.4 Å². The molecule has 0 bridgehead atoms. The van der Waals surface area contributed by atoms with Gasteiger partial charge in [-0.15, -0.1) is 0 Å². The zero-order chi connectivity index (χ0) is 24.9. The molecule has 3 aromatic carbocycles. The van der Waals surface area contributed by atoms with Crippen LogP contribution in [0, 0.1) is 10.1 Å². The summed E-state index contributed by atoms with van der Waals surface area (Å²) in [5.74, 6) is -0.742. The number of anilines is 1. The molecule has 178 valence electrons. The Morgan fingerprint density at radius 3 is 2.24 bits per heavy atom. The summed E-state index contributed by atoms with van der Waals surface area (Å²) < 4.78 is 28.6. The molecule has 0 fully saturated rings. The number of aliphatic hydroxyl groups is 2. The Morgan fingerprint density at radius 1 is 1.03 bits per heavy atom. The van der Waals surface area contributed by atoms with Crippen molar-refractivity contribution in [2.45, 2.75) is 17.0 Å². The van der Waals surface area contributed by atoms with Gasteiger partial charge < -0.3 is 15.5 Å². The van der Waals surface area contributed by atoms with Gasteiger partial charge in [-0.1, -0.05) is 28.1 Å². The average Bonchev–Trinajstić information content (AvgIpc) is 2.82. The molecule has 0 aliphatic heterocycles. The molecular weight excluding hydrogens is 530 g/mol. The summed E-state index contributed by atoms with van der Waals surface area (Å²) in [4.78, 5) is 23.1. The number of carbonyl (C=O) groups is 1. The second kappa shape index (κ2) is 10.7. The van der Waals surface area contributed by atoms with Crippen LogP contribution in [-0.4, -0.2) is 42.1 Å². The Kier molecular flexibility index (Phi) is 7.99. The first-order valence-corrected chi connectivity index (χ1v) is 12.1. The number of halogens is 1. The topological polar surface area (TPSA) is 159 Å². The summed E-state index contributed by atoms with van der Waals surface area (Å²) in [7, 11) is -4.00. The van der Waals surface area contributed by atoms with Gasteiger partial charge in [0.1, 0.15) is 6.10 Å². The molecule has 0 saturated carbocycles. The number of nitro benzene ring substituents is 1. The maximum atomic E-state index is 12.9. The van der Waals surface area contributed by atoms with Crippen molar-refractivity contribution in [1.82, 2.24) is 5.32 Å². The fourth-order valence-corrected chi connectivity index (χ4v) is 4.43. The highest BCUT2D eigenvalue weighted by Gasteiger charge is 2.25. The van der Waals surface area contributed by atoms with Crippen molar-refractivity contribution in [2.75, 3.05) is 11.3 Å². The number of para-hydroxylation sites is 1. The third kappa shape index (κ3) is 5.97. The molecule has 3 rings (SSSR count). The van der Waals surface area contributed by atoms with E-state index >= 15 is 0 Å². The van der Waals surface area contributed by atoms with Crippen molar-refractivity contribution in [3.05, 3.63) is 98.5 Å². The van der Waals surface area contributed by atoms with Crippen LogP contribution in [0.2, 0.25) is 0 Å². The fourth-order valence-electron chi connectivity index (χ4n) is 3.08. The Balaban J connectivity index is 1.80. The number of hydrogen-bond donors (Lipinski definition) is 4. The SMILES string of the molecule is O=C(NC(CO)C(O)c1ccc([N+](=O)[O-])cc1)c1ccccc1NS(=O)(=O)c1ccc(Br)cc1. The molecule has 0 aliphatic carbocycles. The van der Waals surface area contributed by atoms with Gasteiger partial charge in [0.2, 0.25) is 0 Å². The molecule has 0 spiro atoms. The van der Waals surface area contributed by atoms with Crippen molar-refractivity contribution >= 4 is 43.2 Å². The van der Waals surface area contributed by atoms with Crippen LogP contribution in [0.4, 0.5) is 11.4 Å². The van der Waals surface area contributed by atoms with Crippen LogP contribution >= 0.6 is 15.9 Å². The van der Waals surface area contributed by atoms with Gasteiger partial charge in [0.15, 0.2) is 0 Å². The van der Waals surface area contributed by atoms with Crippen LogP contribution in [0.5, 0.6) is 0 Å². The van der Waals surface area contributed by atoms with Crippen LogP contribution in [-0.2, 0) is 10.0 Å². The Hall–Kier alpha value is -3.32. The van der Waals surface area contributed by atoms with Gasteiger partial charge in [-0.25, -0.2) is 8.42 Å². The Morgan fingerprint density at radius 2 is 1.65 bits per heavy atom. The molecule has 0 saturated heterocycles. The van der Waals surface area contributed by atoms with Gasteiger partial charge in [0, 0.05) is 16.6 Å². The number of nitrogens with one attached hydrogen (secondary N) is 2. The summed E-state index contributed by atoms with van der Waals surface area (Å²) in [6, 6.07) is 15.7. The molecule has 2 unspecified atom stereocenters. The number of aliphatic hydroxyl groups excluding tert-OH is 2. The molecule has 2 atom stereocenters. The lowest BCUT2D eigenvalue weighted by Gasteiger charge is -2.23. The fraction of sp³-hybridized carbons (Fsp3) is 0.136. The molecule has 4 N–H and O–H groups in total. The highest BCUT2D eigenvalue weighted by atomic mass is 79.9. The molecule has 0 aliphatic rings. The molecular formula is C22H20BrN3O7S. The highest BCUT2D eigenvalue weighted by molar-refractivity contribution is 9.10. The van der Waals surface area contributed by atoms with Crippen LogP contribution < -0.4 is 10.0 Å². The average molecular weight is 550 g/mol. The number of benzene rings is 3. The maximum absolute atomic E-state index is 12.9. The number of sulfonamides is 1. The summed E-state index contributed by atoms with van der Waals surface area (Å²) in [5.41, 5.74) is 0.0451. The smallest absolute Gasteiger partial charge is 0.269 e. The van der Waals surface area contributed by atoms with Gasteiger partial charge in [-0.2, -0.15) is 0 Å². The van der Waals surface area contributed by atoms with E-state index in [4.69, 9.17) is 0 Å². The Bertz CT molecular complexity index is 1280. The molecule has 34 heavy (non-hydrogen) atoms. The summed E-state index contributed by atoms with van der Waals surface area (Å²) in [6.07, 6.45) is -1.37. The van der Waals surface area contributed by atoms with Crippen molar-refractivity contribution in [3.63, 3.8) is 0 Å². The summed E-state index contributed by atoms with van der Waals surface area (Å²) >= 11 is 3.24. The van der Waals surface area contributed by atoms with Crippen LogP contribution in [0.25, 0.3) is 0 Å². The van der Waals surface area contributed by atoms with E-state index in [2.05, 4.69) is 26.0 Å². The lowest BCUT2D eigenvalue weighted by molar-refractivity contribution is -0.384. The Labute approximate surface area is 203 Å². The monoisotopic (exact) mass is 549 g/mol. The minimum absolute atomic E-state index is 0.00411. The predicted molar refractivity (Wildman–Crippen MR) is 128 cm³/mol. The highest BCUT2D eigenvalue weighted by Crippen LogP contribution is 2.24. The first kappa shape index (κ1) is 25.3. The quantitative estimate of drug-likeness (QED) is 0.236. The number of hydrogen-bond acceptors (Lipinski definition) is 7. The zero-order valence-corrected chi connectivity index (χ0v) is 19.9. The first-order chi connectivity index (χ1) is 16.1. The number of amides is 1. The van der Waals surface area contributed by atoms with Crippen molar-refractivity contribution in [3.8, 4) is 0 Å². The standard InChI is InChI=1S/C22H20BrN3O7S/c23-15-7-11-17(12-8-15)34(32,33)25-19-4-2-1-3-18(19)22(29)24-20(13-27)21(28)14-5-9-16(10-6-14)26(30)31/h1-12,20-21,25,27-28H,13H2,(H,24,29). The molecule has 3 aromatic rings. The number of carbonyl (C=O) groups excluding carboxylic acids is 1. The minimum atomic E-state index is -4.00. The van der Waals surface area contributed by atoms with Crippen molar-refractivity contribution in [2.24, 2.45) is 0 Å². The number of rotatable bonds is 9. The van der Waals surface area contributed by atoms with Crippen molar-refractivity contribution < 1.29 is 28.3 Å². The normalized spacial score (nSPS) is 13.0. The predicted octanol–water partition coefficient (Wildman–Crippen LogP) is 2.98. The van der Waals surface area contributed by atoms with E-state index in [0.717, 1.165) is 0 Å². The number of nitro groups is 1. The van der Waals surface area contributed by atoms with Gasteiger partial charge in [-0.05, 0) is 54.1 Å². The zero-order valence-electron chi connectivity index (χ0n) is 17.5. The van der Waals surface area contributed by atoms with Crippen LogP contribution in [0.15, 0.2) is 82.2 Å². The molecule has 0 radical (unpaired) electrons. The molecule has 12 heteroatoms. The van der Waals surface area contributed by atoms with E-state index in [0.29, 0.717) is 4.47 Å². The lowest BCUT2D eigenvalue weighted by atomic mass is 10.0. The van der Waals surface area contributed by atoms with E-state index in [1.54, 1.807) is 18.2 Å². The van der Waals surface area contributed by atoms with Gasteiger partial charge in [0.05, 0.1) is 33.7 Å². The molecule has 0 heterocycles. The number of non-ortho nitro benzene ring substituents is 1. The first-order valence-electron chi connectivity index (χ1n) is 9.84. The third-order valence-electron chi connectivity index (χ3n) is 4.88. The van der Waals surface area contributed by atoms with Crippen molar-refractivity contribution in [1.29, 1.82) is 0 Å². The number of nitrogens with zero attached hydrogens (tertiary/aromatic N) is 1. The maximum Gasteiger partial charge on any atom is 0.269 e. The third-order valence-corrected chi connectivity index (χ3v) is 6.79. The molecule has 0 aromatic heterocycles. The van der Waals surface area contributed by atoms with E-state index in [1.807, 2.05) is 0 Å². The van der Waals surface area contributed by atoms with E-state index < -0.39 is 39.6 Å².